The zero-order valence-electron chi connectivity index (χ0n) is 8.19. The first kappa shape index (κ1) is 10.5. The molecule has 2 nitrogen and oxygen atoms in total. The Morgan fingerprint density at radius 1 is 1.20 bits per heavy atom. The number of nitrogens with two attached hydrogens (primary N) is 1. The Hall–Kier alpha value is -1.06. The Kier molecular flexibility index (Phi) is 3.23. The number of rotatable bonds is 3. The van der Waals surface area contributed by atoms with Crippen molar-refractivity contribution in [1.82, 2.24) is 0 Å². The zero-order chi connectivity index (χ0) is 10.7. The van der Waals surface area contributed by atoms with E-state index < -0.39 is 0 Å². The van der Waals surface area contributed by atoms with Crippen molar-refractivity contribution in [1.29, 1.82) is 0 Å². The Balaban J connectivity index is 2.11. The molecular formula is C12H12BrNO. The fraction of sp³-hybridized carbons (Fsp3) is 0.167. The first-order chi connectivity index (χ1) is 7.27. The second-order valence-electron chi connectivity index (χ2n) is 3.45. The Morgan fingerprint density at radius 2 is 1.93 bits per heavy atom. The maximum atomic E-state index is 6.08. The molecule has 2 aromatic rings. The smallest absolute Gasteiger partial charge is 0.173 e. The summed E-state index contributed by atoms with van der Waals surface area (Å²) < 4.78 is 5.89. The van der Waals surface area contributed by atoms with Crippen molar-refractivity contribution in [3.8, 4) is 0 Å². The van der Waals surface area contributed by atoms with E-state index in [0.29, 0.717) is 0 Å². The summed E-state index contributed by atoms with van der Waals surface area (Å²) in [5, 5.41) is 0. The average molecular weight is 266 g/mol. The summed E-state index contributed by atoms with van der Waals surface area (Å²) in [6.45, 7) is 0. The summed E-state index contributed by atoms with van der Waals surface area (Å²) in [6, 6.07) is 12.1. The van der Waals surface area contributed by atoms with Gasteiger partial charge in [0.05, 0.1) is 6.26 Å². The topological polar surface area (TPSA) is 39.2 Å². The lowest BCUT2D eigenvalue weighted by Gasteiger charge is -2.09. The lowest BCUT2D eigenvalue weighted by atomic mass is 10.0. The molecule has 0 saturated carbocycles. The van der Waals surface area contributed by atoms with Gasteiger partial charge < -0.3 is 10.2 Å². The number of benzene rings is 1. The standard InChI is InChI=1S/C12H12BrNO/c13-12-10(6-7-15-12)11(14)8-9-4-2-1-3-5-9/h1-7,11H,8,14H2. The maximum absolute atomic E-state index is 6.08. The van der Waals surface area contributed by atoms with Crippen LogP contribution >= 0.6 is 15.9 Å². The van der Waals surface area contributed by atoms with Gasteiger partial charge in [-0.05, 0) is 34.0 Å². The van der Waals surface area contributed by atoms with E-state index in [4.69, 9.17) is 10.2 Å². The Labute approximate surface area is 97.2 Å². The molecule has 2 rings (SSSR count). The van der Waals surface area contributed by atoms with Gasteiger partial charge in [-0.15, -0.1) is 0 Å². The fourth-order valence-corrected chi connectivity index (χ4v) is 2.08. The van der Waals surface area contributed by atoms with Gasteiger partial charge in [-0.3, -0.25) is 0 Å². The number of halogens is 1. The van der Waals surface area contributed by atoms with E-state index >= 15 is 0 Å². The van der Waals surface area contributed by atoms with Gasteiger partial charge in [0.1, 0.15) is 0 Å². The van der Waals surface area contributed by atoms with Gasteiger partial charge in [-0.25, -0.2) is 0 Å². The molecule has 0 saturated heterocycles. The van der Waals surface area contributed by atoms with E-state index in [1.807, 2.05) is 24.3 Å². The predicted molar refractivity (Wildman–Crippen MR) is 63.5 cm³/mol. The molecule has 0 bridgehead atoms. The summed E-state index contributed by atoms with van der Waals surface area (Å²) in [5.74, 6) is 0. The third kappa shape index (κ3) is 2.49. The van der Waals surface area contributed by atoms with Crippen molar-refractivity contribution in [2.75, 3.05) is 0 Å². The fourth-order valence-electron chi connectivity index (χ4n) is 1.55. The van der Waals surface area contributed by atoms with E-state index in [-0.39, 0.29) is 6.04 Å². The van der Waals surface area contributed by atoms with E-state index in [0.717, 1.165) is 16.7 Å². The number of hydrogen-bond acceptors (Lipinski definition) is 2. The lowest BCUT2D eigenvalue weighted by molar-refractivity contribution is 0.531. The van der Waals surface area contributed by atoms with Gasteiger partial charge in [-0.1, -0.05) is 30.3 Å². The van der Waals surface area contributed by atoms with Crippen LogP contribution in [0.15, 0.2) is 51.7 Å². The molecule has 1 heterocycles. The molecule has 0 fully saturated rings. The van der Waals surface area contributed by atoms with Crippen LogP contribution in [0.1, 0.15) is 17.2 Å². The molecule has 0 amide bonds. The van der Waals surface area contributed by atoms with Gasteiger partial charge in [0.2, 0.25) is 0 Å². The minimum Gasteiger partial charge on any atom is -0.457 e. The minimum atomic E-state index is -0.0273. The van der Waals surface area contributed by atoms with Crippen molar-refractivity contribution in [3.05, 3.63) is 58.5 Å². The molecule has 15 heavy (non-hydrogen) atoms. The van der Waals surface area contributed by atoms with Crippen LogP contribution < -0.4 is 5.73 Å². The van der Waals surface area contributed by atoms with Crippen LogP contribution in [0.5, 0.6) is 0 Å². The van der Waals surface area contributed by atoms with Crippen LogP contribution in [0.2, 0.25) is 0 Å². The van der Waals surface area contributed by atoms with Crippen molar-refractivity contribution < 1.29 is 4.42 Å². The van der Waals surface area contributed by atoms with Crippen LogP contribution in [0, 0.1) is 0 Å². The molecule has 1 atom stereocenters. The van der Waals surface area contributed by atoms with Crippen molar-refractivity contribution in [2.24, 2.45) is 5.73 Å². The second-order valence-corrected chi connectivity index (χ2v) is 4.17. The molecule has 1 aromatic heterocycles. The van der Waals surface area contributed by atoms with Crippen LogP contribution in [-0.2, 0) is 6.42 Å². The number of hydrogen-bond donors (Lipinski definition) is 1. The quantitative estimate of drug-likeness (QED) is 0.925. The first-order valence-electron chi connectivity index (χ1n) is 4.80. The molecular weight excluding hydrogens is 254 g/mol. The van der Waals surface area contributed by atoms with Crippen LogP contribution in [-0.4, -0.2) is 0 Å². The van der Waals surface area contributed by atoms with Gasteiger partial charge >= 0.3 is 0 Å². The van der Waals surface area contributed by atoms with E-state index in [1.54, 1.807) is 6.26 Å². The average Bonchev–Trinajstić information content (AvgIpc) is 2.66. The molecule has 2 N–H and O–H groups in total. The van der Waals surface area contributed by atoms with E-state index in [9.17, 15) is 0 Å². The largest absolute Gasteiger partial charge is 0.457 e. The molecule has 78 valence electrons. The summed E-state index contributed by atoms with van der Waals surface area (Å²) in [6.07, 6.45) is 2.46. The summed E-state index contributed by atoms with van der Waals surface area (Å²) in [7, 11) is 0. The summed E-state index contributed by atoms with van der Waals surface area (Å²) in [4.78, 5) is 0. The molecule has 1 aromatic carbocycles. The second kappa shape index (κ2) is 4.64. The Morgan fingerprint density at radius 3 is 2.53 bits per heavy atom. The molecule has 0 radical (unpaired) electrons. The normalized spacial score (nSPS) is 12.7. The summed E-state index contributed by atoms with van der Waals surface area (Å²) >= 11 is 3.33. The highest BCUT2D eigenvalue weighted by molar-refractivity contribution is 9.10. The molecule has 0 aliphatic heterocycles. The maximum Gasteiger partial charge on any atom is 0.173 e. The minimum absolute atomic E-state index is 0.0273. The highest BCUT2D eigenvalue weighted by Gasteiger charge is 2.12. The van der Waals surface area contributed by atoms with Gasteiger partial charge in [0.15, 0.2) is 4.67 Å². The van der Waals surface area contributed by atoms with E-state index in [2.05, 4.69) is 28.1 Å². The van der Waals surface area contributed by atoms with E-state index in [1.165, 1.54) is 5.56 Å². The van der Waals surface area contributed by atoms with Crippen LogP contribution in [0.4, 0.5) is 0 Å². The van der Waals surface area contributed by atoms with Crippen molar-refractivity contribution in [2.45, 2.75) is 12.5 Å². The molecule has 0 spiro atoms. The van der Waals surface area contributed by atoms with Gasteiger partial charge in [0.25, 0.3) is 0 Å². The zero-order valence-corrected chi connectivity index (χ0v) is 9.78. The molecule has 0 aliphatic rings. The SMILES string of the molecule is NC(Cc1ccccc1)c1ccoc1Br. The van der Waals surface area contributed by atoms with Crippen LogP contribution in [0.25, 0.3) is 0 Å². The highest BCUT2D eigenvalue weighted by atomic mass is 79.9. The highest BCUT2D eigenvalue weighted by Crippen LogP contribution is 2.25. The third-order valence-corrected chi connectivity index (χ3v) is 2.99. The van der Waals surface area contributed by atoms with Crippen molar-refractivity contribution in [3.63, 3.8) is 0 Å². The summed E-state index contributed by atoms with van der Waals surface area (Å²) in [5.41, 5.74) is 8.33. The van der Waals surface area contributed by atoms with Crippen LogP contribution in [0.3, 0.4) is 0 Å². The Bertz CT molecular complexity index is 424. The molecule has 0 aliphatic carbocycles. The number of furan rings is 1. The third-order valence-electron chi connectivity index (χ3n) is 2.34. The monoisotopic (exact) mass is 265 g/mol. The molecule has 1 unspecified atom stereocenters. The van der Waals surface area contributed by atoms with Crippen molar-refractivity contribution >= 4 is 15.9 Å². The van der Waals surface area contributed by atoms with Gasteiger partial charge in [0, 0.05) is 11.6 Å². The van der Waals surface area contributed by atoms with Gasteiger partial charge in [-0.2, -0.15) is 0 Å². The molecule has 3 heteroatoms. The lowest BCUT2D eigenvalue weighted by Crippen LogP contribution is -2.12. The first-order valence-corrected chi connectivity index (χ1v) is 5.59. The predicted octanol–water partition coefficient (Wildman–Crippen LogP) is 3.28.